The number of nitrogens with one attached hydrogen (secondary N) is 2. The van der Waals surface area contributed by atoms with E-state index in [2.05, 4.69) is 15.6 Å². The van der Waals surface area contributed by atoms with Crippen molar-refractivity contribution in [2.24, 2.45) is 4.99 Å². The highest BCUT2D eigenvalue weighted by molar-refractivity contribution is 14.0. The van der Waals surface area contributed by atoms with Gasteiger partial charge in [-0.05, 0) is 36.2 Å². The Morgan fingerprint density at radius 2 is 1.70 bits per heavy atom. The Balaban J connectivity index is 0.00000364. The van der Waals surface area contributed by atoms with Crippen LogP contribution in [-0.4, -0.2) is 33.8 Å². The van der Waals surface area contributed by atoms with Crippen molar-refractivity contribution in [2.75, 3.05) is 27.8 Å². The summed E-state index contributed by atoms with van der Waals surface area (Å²) < 4.78 is 36.9. The summed E-state index contributed by atoms with van der Waals surface area (Å²) in [4.78, 5) is 4.14. The Kier molecular flexibility index (Phi) is 9.84. The van der Waals surface area contributed by atoms with Gasteiger partial charge in [0.2, 0.25) is 0 Å². The number of benzene rings is 2. The van der Waals surface area contributed by atoms with E-state index in [-0.39, 0.29) is 24.0 Å². The lowest BCUT2D eigenvalue weighted by molar-refractivity contribution is 0.390. The number of nitrogens with zero attached hydrogens (tertiary/aromatic N) is 1. The van der Waals surface area contributed by atoms with Crippen LogP contribution in [0.25, 0.3) is 0 Å². The van der Waals surface area contributed by atoms with Crippen LogP contribution in [-0.2, 0) is 13.0 Å². The zero-order chi connectivity index (χ0) is 18.9. The Morgan fingerprint density at radius 3 is 2.30 bits per heavy atom. The SMILES string of the molecule is CN=C(NCCc1cc(F)cc(F)c1)NCc1ccc(OC)cc1OC.I. The van der Waals surface area contributed by atoms with Crippen molar-refractivity contribution in [3.8, 4) is 11.5 Å². The lowest BCUT2D eigenvalue weighted by Gasteiger charge is -2.14. The maximum Gasteiger partial charge on any atom is 0.191 e. The van der Waals surface area contributed by atoms with Gasteiger partial charge in [0.15, 0.2) is 5.96 Å². The highest BCUT2D eigenvalue weighted by atomic mass is 127. The van der Waals surface area contributed by atoms with Crippen LogP contribution in [0.4, 0.5) is 8.78 Å². The maximum absolute atomic E-state index is 13.2. The summed E-state index contributed by atoms with van der Waals surface area (Å²) in [5.41, 5.74) is 1.53. The molecule has 0 amide bonds. The molecule has 0 fully saturated rings. The smallest absolute Gasteiger partial charge is 0.191 e. The normalized spacial score (nSPS) is 10.8. The number of hydrogen-bond donors (Lipinski definition) is 2. The van der Waals surface area contributed by atoms with E-state index in [1.54, 1.807) is 21.3 Å². The predicted octanol–water partition coefficient (Wildman–Crippen LogP) is 3.51. The zero-order valence-corrected chi connectivity index (χ0v) is 17.8. The first-order valence-corrected chi connectivity index (χ1v) is 8.16. The summed E-state index contributed by atoms with van der Waals surface area (Å²) in [6.45, 7) is 0.990. The van der Waals surface area contributed by atoms with Gasteiger partial charge in [-0.3, -0.25) is 4.99 Å². The number of methoxy groups -OCH3 is 2. The van der Waals surface area contributed by atoms with Crippen LogP contribution in [0.1, 0.15) is 11.1 Å². The van der Waals surface area contributed by atoms with Crippen molar-refractivity contribution in [1.82, 2.24) is 10.6 Å². The van der Waals surface area contributed by atoms with E-state index in [1.807, 2.05) is 18.2 Å². The molecule has 0 heterocycles. The summed E-state index contributed by atoms with van der Waals surface area (Å²) in [5, 5.41) is 6.29. The van der Waals surface area contributed by atoms with Gasteiger partial charge in [0.25, 0.3) is 0 Å². The molecule has 2 aromatic rings. The molecule has 0 aliphatic heterocycles. The number of guanidine groups is 1. The molecular weight excluding hydrogens is 467 g/mol. The summed E-state index contributed by atoms with van der Waals surface area (Å²) in [6, 6.07) is 9.08. The summed E-state index contributed by atoms with van der Waals surface area (Å²) in [5.74, 6) is 0.862. The molecule has 27 heavy (non-hydrogen) atoms. The van der Waals surface area contributed by atoms with E-state index in [0.717, 1.165) is 17.4 Å². The standard InChI is InChI=1S/C19H23F2N3O2.HI/c1-22-19(23-7-6-13-8-15(20)10-16(21)9-13)24-12-14-4-5-17(25-2)11-18(14)26-3;/h4-5,8-11H,6-7,12H2,1-3H3,(H2,22,23,24);1H. The quantitative estimate of drug-likeness (QED) is 0.354. The maximum atomic E-state index is 13.2. The number of halogens is 3. The molecule has 0 aromatic heterocycles. The van der Waals surface area contributed by atoms with E-state index < -0.39 is 11.6 Å². The van der Waals surface area contributed by atoms with Crippen LogP contribution in [0, 0.1) is 11.6 Å². The first-order valence-electron chi connectivity index (χ1n) is 8.16. The molecular formula is C19H24F2IN3O2. The molecule has 0 atom stereocenters. The molecule has 148 valence electrons. The van der Waals surface area contributed by atoms with Crippen molar-refractivity contribution < 1.29 is 18.3 Å². The predicted molar refractivity (Wildman–Crippen MR) is 113 cm³/mol. The molecule has 0 saturated carbocycles. The van der Waals surface area contributed by atoms with Crippen LogP contribution in [0.15, 0.2) is 41.4 Å². The average Bonchev–Trinajstić information content (AvgIpc) is 2.63. The average molecular weight is 491 g/mol. The third-order valence-corrected chi connectivity index (χ3v) is 3.79. The number of aliphatic imine (C=N–C) groups is 1. The fraction of sp³-hybridized carbons (Fsp3) is 0.316. The number of rotatable bonds is 7. The first kappa shape index (κ1) is 22.9. The first-order chi connectivity index (χ1) is 12.5. The van der Waals surface area contributed by atoms with Crippen LogP contribution < -0.4 is 20.1 Å². The minimum absolute atomic E-state index is 0. The van der Waals surface area contributed by atoms with Crippen molar-refractivity contribution >= 4 is 29.9 Å². The summed E-state index contributed by atoms with van der Waals surface area (Å²) in [7, 11) is 4.86. The van der Waals surface area contributed by atoms with Crippen molar-refractivity contribution in [2.45, 2.75) is 13.0 Å². The molecule has 2 rings (SSSR count). The molecule has 0 radical (unpaired) electrons. The van der Waals surface area contributed by atoms with Gasteiger partial charge in [0.1, 0.15) is 23.1 Å². The fourth-order valence-electron chi connectivity index (χ4n) is 2.48. The second-order valence-corrected chi connectivity index (χ2v) is 5.56. The topological polar surface area (TPSA) is 54.9 Å². The molecule has 0 unspecified atom stereocenters. The molecule has 5 nitrogen and oxygen atoms in total. The van der Waals surface area contributed by atoms with Crippen molar-refractivity contribution in [3.63, 3.8) is 0 Å². The van der Waals surface area contributed by atoms with Gasteiger partial charge in [-0.1, -0.05) is 0 Å². The van der Waals surface area contributed by atoms with Gasteiger partial charge in [0.05, 0.1) is 14.2 Å². The van der Waals surface area contributed by atoms with E-state index in [0.29, 0.717) is 36.8 Å². The second-order valence-electron chi connectivity index (χ2n) is 5.56. The van der Waals surface area contributed by atoms with Gasteiger partial charge in [-0.2, -0.15) is 0 Å². The van der Waals surface area contributed by atoms with Gasteiger partial charge in [0, 0.05) is 37.8 Å². The highest BCUT2D eigenvalue weighted by Gasteiger charge is 2.06. The van der Waals surface area contributed by atoms with Crippen molar-refractivity contribution in [1.29, 1.82) is 0 Å². The lowest BCUT2D eigenvalue weighted by atomic mass is 10.1. The fourth-order valence-corrected chi connectivity index (χ4v) is 2.48. The Hall–Kier alpha value is -2.10. The Morgan fingerprint density at radius 1 is 1.00 bits per heavy atom. The van der Waals surface area contributed by atoms with E-state index >= 15 is 0 Å². The van der Waals surface area contributed by atoms with Gasteiger partial charge in [-0.25, -0.2) is 8.78 Å². The Labute approximate surface area is 175 Å². The van der Waals surface area contributed by atoms with E-state index in [1.165, 1.54) is 12.1 Å². The van der Waals surface area contributed by atoms with Crippen molar-refractivity contribution in [3.05, 3.63) is 59.2 Å². The third kappa shape index (κ3) is 7.20. The van der Waals surface area contributed by atoms with Crippen LogP contribution in [0.3, 0.4) is 0 Å². The number of ether oxygens (including phenoxy) is 2. The van der Waals surface area contributed by atoms with E-state index in [4.69, 9.17) is 9.47 Å². The van der Waals surface area contributed by atoms with Crippen LogP contribution in [0.2, 0.25) is 0 Å². The highest BCUT2D eigenvalue weighted by Crippen LogP contribution is 2.24. The van der Waals surface area contributed by atoms with Gasteiger partial charge < -0.3 is 20.1 Å². The monoisotopic (exact) mass is 491 g/mol. The molecule has 2 N–H and O–H groups in total. The molecule has 8 heteroatoms. The zero-order valence-electron chi connectivity index (χ0n) is 15.5. The molecule has 0 saturated heterocycles. The summed E-state index contributed by atoms with van der Waals surface area (Å²) in [6.07, 6.45) is 0.473. The summed E-state index contributed by atoms with van der Waals surface area (Å²) >= 11 is 0. The van der Waals surface area contributed by atoms with Crippen LogP contribution >= 0.6 is 24.0 Å². The van der Waals surface area contributed by atoms with Gasteiger partial charge >= 0.3 is 0 Å². The van der Waals surface area contributed by atoms with E-state index in [9.17, 15) is 8.78 Å². The van der Waals surface area contributed by atoms with Gasteiger partial charge in [-0.15, -0.1) is 24.0 Å². The molecule has 2 aromatic carbocycles. The largest absolute Gasteiger partial charge is 0.497 e. The Bertz CT molecular complexity index is 752. The number of hydrogen-bond acceptors (Lipinski definition) is 3. The second kappa shape index (κ2) is 11.6. The minimum atomic E-state index is -0.575. The molecule has 0 spiro atoms. The van der Waals surface area contributed by atoms with Crippen LogP contribution in [0.5, 0.6) is 11.5 Å². The molecule has 0 aliphatic rings. The molecule has 0 aliphatic carbocycles. The molecule has 0 bridgehead atoms. The minimum Gasteiger partial charge on any atom is -0.497 e. The lowest BCUT2D eigenvalue weighted by Crippen LogP contribution is -2.37. The third-order valence-electron chi connectivity index (χ3n) is 3.79.